The van der Waals surface area contributed by atoms with E-state index in [4.69, 9.17) is 0 Å². The van der Waals surface area contributed by atoms with Gasteiger partial charge in [0.1, 0.15) is 0 Å². The molecule has 60 valence electrons. The first kappa shape index (κ1) is 8.18. The number of carbonyl (C=O) groups is 2. The Kier molecular flexibility index (Phi) is 2.58. The summed E-state index contributed by atoms with van der Waals surface area (Å²) in [5, 5.41) is 0. The summed E-state index contributed by atoms with van der Waals surface area (Å²) in [5.74, 6) is -0.677. The normalized spacial score (nSPS) is 23.2. The molecule has 0 aromatic carbocycles. The van der Waals surface area contributed by atoms with Crippen LogP contribution in [0.4, 0.5) is 0 Å². The zero-order valence-corrected chi connectivity index (χ0v) is 6.67. The molecule has 11 heavy (non-hydrogen) atoms. The second kappa shape index (κ2) is 3.46. The molecule has 0 amide bonds. The van der Waals surface area contributed by atoms with E-state index in [0.717, 1.165) is 19.3 Å². The van der Waals surface area contributed by atoms with Crippen molar-refractivity contribution in [2.75, 3.05) is 0 Å². The maximum absolute atomic E-state index is 11.1. The molecular weight excluding hydrogens is 140 g/mol. The lowest BCUT2D eigenvalue weighted by atomic mass is 9.91. The van der Waals surface area contributed by atoms with Crippen LogP contribution in [-0.4, -0.2) is 11.6 Å². The van der Waals surface area contributed by atoms with Crippen LogP contribution in [0, 0.1) is 5.92 Å². The summed E-state index contributed by atoms with van der Waals surface area (Å²) in [7, 11) is 0. The fourth-order valence-corrected chi connectivity index (χ4v) is 1.29. The zero-order valence-electron chi connectivity index (χ0n) is 6.67. The van der Waals surface area contributed by atoms with Gasteiger partial charge in [0.15, 0.2) is 5.78 Å². The first-order valence-electron chi connectivity index (χ1n) is 3.93. The van der Waals surface area contributed by atoms with Crippen molar-refractivity contribution in [3.8, 4) is 0 Å². The van der Waals surface area contributed by atoms with Crippen molar-refractivity contribution in [1.82, 2.24) is 0 Å². The SMILES string of the molecule is CC(=O)C(=O)C1C=CCCC1. The van der Waals surface area contributed by atoms with Crippen molar-refractivity contribution in [3.05, 3.63) is 12.2 Å². The lowest BCUT2D eigenvalue weighted by molar-refractivity contribution is -0.137. The molecule has 0 saturated carbocycles. The van der Waals surface area contributed by atoms with Gasteiger partial charge in [0.05, 0.1) is 0 Å². The summed E-state index contributed by atoms with van der Waals surface area (Å²) in [4.78, 5) is 21.8. The van der Waals surface area contributed by atoms with E-state index in [2.05, 4.69) is 0 Å². The molecule has 0 fully saturated rings. The van der Waals surface area contributed by atoms with Gasteiger partial charge in [0.25, 0.3) is 0 Å². The molecule has 0 aliphatic heterocycles. The van der Waals surface area contributed by atoms with E-state index in [-0.39, 0.29) is 17.5 Å². The molecule has 0 heterocycles. The van der Waals surface area contributed by atoms with Crippen molar-refractivity contribution in [2.45, 2.75) is 26.2 Å². The largest absolute Gasteiger partial charge is 0.291 e. The Morgan fingerprint density at radius 1 is 1.45 bits per heavy atom. The van der Waals surface area contributed by atoms with Crippen LogP contribution in [0.25, 0.3) is 0 Å². The molecule has 2 heteroatoms. The minimum atomic E-state index is -0.318. The van der Waals surface area contributed by atoms with Crippen molar-refractivity contribution >= 4 is 11.6 Å². The monoisotopic (exact) mass is 152 g/mol. The van der Waals surface area contributed by atoms with E-state index in [1.807, 2.05) is 12.2 Å². The van der Waals surface area contributed by atoms with Crippen LogP contribution in [-0.2, 0) is 9.59 Å². The van der Waals surface area contributed by atoms with E-state index in [9.17, 15) is 9.59 Å². The molecule has 2 nitrogen and oxygen atoms in total. The van der Waals surface area contributed by atoms with Gasteiger partial charge in [-0.05, 0) is 19.3 Å². The molecule has 0 N–H and O–H groups in total. The van der Waals surface area contributed by atoms with Crippen LogP contribution >= 0.6 is 0 Å². The summed E-state index contributed by atoms with van der Waals surface area (Å²) < 4.78 is 0. The first-order chi connectivity index (χ1) is 5.22. The average molecular weight is 152 g/mol. The third-order valence-corrected chi connectivity index (χ3v) is 1.94. The molecule has 1 unspecified atom stereocenters. The lowest BCUT2D eigenvalue weighted by Gasteiger charge is -2.12. The molecule has 1 aliphatic rings. The molecule has 0 radical (unpaired) electrons. The number of rotatable bonds is 2. The van der Waals surface area contributed by atoms with Crippen LogP contribution in [0.3, 0.4) is 0 Å². The van der Waals surface area contributed by atoms with Crippen LogP contribution in [0.2, 0.25) is 0 Å². The van der Waals surface area contributed by atoms with Crippen molar-refractivity contribution in [1.29, 1.82) is 0 Å². The van der Waals surface area contributed by atoms with Crippen LogP contribution in [0.1, 0.15) is 26.2 Å². The van der Waals surface area contributed by atoms with E-state index >= 15 is 0 Å². The van der Waals surface area contributed by atoms with Gasteiger partial charge >= 0.3 is 0 Å². The van der Waals surface area contributed by atoms with Gasteiger partial charge in [-0.25, -0.2) is 0 Å². The van der Waals surface area contributed by atoms with Crippen LogP contribution < -0.4 is 0 Å². The highest BCUT2D eigenvalue weighted by Crippen LogP contribution is 2.17. The quantitative estimate of drug-likeness (QED) is 0.444. The smallest absolute Gasteiger partial charge is 0.204 e. The van der Waals surface area contributed by atoms with Gasteiger partial charge in [0, 0.05) is 12.8 Å². The van der Waals surface area contributed by atoms with Gasteiger partial charge in [-0.1, -0.05) is 12.2 Å². The predicted octanol–water partition coefficient (Wildman–Crippen LogP) is 1.50. The minimum Gasteiger partial charge on any atom is -0.291 e. The Morgan fingerprint density at radius 3 is 2.64 bits per heavy atom. The highest BCUT2D eigenvalue weighted by Gasteiger charge is 2.20. The molecule has 1 aliphatic carbocycles. The standard InChI is InChI=1S/C9H12O2/c1-7(10)9(11)8-5-3-2-4-6-8/h3,5,8H,2,4,6H2,1H3. The Balaban J connectivity index is 2.59. The Morgan fingerprint density at radius 2 is 2.18 bits per heavy atom. The molecular formula is C9H12O2. The second-order valence-corrected chi connectivity index (χ2v) is 2.89. The highest BCUT2D eigenvalue weighted by molar-refractivity contribution is 6.37. The highest BCUT2D eigenvalue weighted by atomic mass is 16.2. The molecule has 0 spiro atoms. The number of hydrogen-bond donors (Lipinski definition) is 0. The maximum Gasteiger partial charge on any atom is 0.204 e. The number of ketones is 2. The fraction of sp³-hybridized carbons (Fsp3) is 0.556. The molecule has 1 rings (SSSR count). The average Bonchev–Trinajstić information content (AvgIpc) is 2.05. The van der Waals surface area contributed by atoms with E-state index < -0.39 is 0 Å². The molecule has 0 bridgehead atoms. The third-order valence-electron chi connectivity index (χ3n) is 1.94. The lowest BCUT2D eigenvalue weighted by Crippen LogP contribution is -2.20. The number of allylic oxidation sites excluding steroid dienone is 2. The van der Waals surface area contributed by atoms with Crippen LogP contribution in [0.15, 0.2) is 12.2 Å². The van der Waals surface area contributed by atoms with Crippen molar-refractivity contribution in [3.63, 3.8) is 0 Å². The number of hydrogen-bond acceptors (Lipinski definition) is 2. The summed E-state index contributed by atoms with van der Waals surface area (Å²) in [6.07, 6.45) is 6.75. The zero-order chi connectivity index (χ0) is 8.27. The maximum atomic E-state index is 11.1. The first-order valence-corrected chi connectivity index (χ1v) is 3.93. The predicted molar refractivity (Wildman–Crippen MR) is 42.2 cm³/mol. The van der Waals surface area contributed by atoms with E-state index in [1.165, 1.54) is 6.92 Å². The van der Waals surface area contributed by atoms with Gasteiger partial charge in [-0.3, -0.25) is 9.59 Å². The minimum absolute atomic E-state index is 0.124. The van der Waals surface area contributed by atoms with Gasteiger partial charge in [-0.15, -0.1) is 0 Å². The van der Waals surface area contributed by atoms with Crippen molar-refractivity contribution < 1.29 is 9.59 Å². The Labute approximate surface area is 66.3 Å². The molecule has 0 saturated heterocycles. The Hall–Kier alpha value is -0.920. The fourth-order valence-electron chi connectivity index (χ4n) is 1.29. The second-order valence-electron chi connectivity index (χ2n) is 2.89. The van der Waals surface area contributed by atoms with Crippen molar-refractivity contribution in [2.24, 2.45) is 5.92 Å². The summed E-state index contributed by atoms with van der Waals surface area (Å²) in [6, 6.07) is 0. The molecule has 1 atom stereocenters. The number of Topliss-reactive ketones (excluding diaryl/α,β-unsaturated/α-hetero) is 2. The summed E-state index contributed by atoms with van der Waals surface area (Å²) in [5.41, 5.74) is 0. The molecule has 0 aromatic rings. The van der Waals surface area contributed by atoms with Gasteiger partial charge < -0.3 is 0 Å². The van der Waals surface area contributed by atoms with Gasteiger partial charge in [-0.2, -0.15) is 0 Å². The van der Waals surface area contributed by atoms with E-state index in [0.29, 0.717) is 0 Å². The third kappa shape index (κ3) is 2.00. The molecule has 0 aromatic heterocycles. The van der Waals surface area contributed by atoms with E-state index in [1.54, 1.807) is 0 Å². The van der Waals surface area contributed by atoms with Gasteiger partial charge in [0.2, 0.25) is 5.78 Å². The van der Waals surface area contributed by atoms with Crippen LogP contribution in [0.5, 0.6) is 0 Å². The Bertz CT molecular complexity index is 204. The summed E-state index contributed by atoms with van der Waals surface area (Å²) >= 11 is 0. The summed E-state index contributed by atoms with van der Waals surface area (Å²) in [6.45, 7) is 1.34. The topological polar surface area (TPSA) is 34.1 Å². The number of carbonyl (C=O) groups excluding carboxylic acids is 2.